The number of hydrogen-bond donors (Lipinski definition) is 0. The molecular formula is C12H14N2. The highest BCUT2D eigenvalue weighted by atomic mass is 14.2. The fourth-order valence-electron chi connectivity index (χ4n) is 1.89. The molecule has 0 spiro atoms. The van der Waals surface area contributed by atoms with E-state index in [0.29, 0.717) is 11.8 Å². The maximum Gasteiger partial charge on any atom is 0.0908 e. The fourth-order valence-corrected chi connectivity index (χ4v) is 1.89. The van der Waals surface area contributed by atoms with Gasteiger partial charge in [0.25, 0.3) is 0 Å². The Bertz CT molecular complexity index is 261. The number of nitriles is 2. The number of allylic oxidation sites excluding steroid dienone is 4. The molecule has 14 heavy (non-hydrogen) atoms. The average molecular weight is 186 g/mol. The molecule has 0 atom stereocenters. The maximum absolute atomic E-state index is 8.38. The first-order chi connectivity index (χ1) is 6.86. The predicted molar refractivity (Wildman–Crippen MR) is 55.0 cm³/mol. The molecule has 0 N–H and O–H groups in total. The van der Waals surface area contributed by atoms with Gasteiger partial charge >= 0.3 is 0 Å². The molecule has 0 bridgehead atoms. The minimum atomic E-state index is 0.571. The molecule has 2 heteroatoms. The highest BCUT2D eigenvalue weighted by Crippen LogP contribution is 2.30. The summed E-state index contributed by atoms with van der Waals surface area (Å²) in [5.41, 5.74) is 0. The molecule has 0 aromatic carbocycles. The molecule has 0 aromatic heterocycles. The largest absolute Gasteiger partial charge is 0.193 e. The average Bonchev–Trinajstić information content (AvgIpc) is 2.25. The highest BCUT2D eigenvalue weighted by molar-refractivity contribution is 5.07. The molecule has 1 saturated carbocycles. The van der Waals surface area contributed by atoms with Gasteiger partial charge in [-0.1, -0.05) is 12.2 Å². The quantitative estimate of drug-likeness (QED) is 0.622. The lowest BCUT2D eigenvalue weighted by Gasteiger charge is -2.23. The van der Waals surface area contributed by atoms with Crippen molar-refractivity contribution >= 4 is 0 Å². The fraction of sp³-hybridized carbons (Fsp3) is 0.500. The summed E-state index contributed by atoms with van der Waals surface area (Å²) in [7, 11) is 0. The van der Waals surface area contributed by atoms with Crippen LogP contribution in [0.5, 0.6) is 0 Å². The van der Waals surface area contributed by atoms with Crippen molar-refractivity contribution in [2.45, 2.75) is 25.7 Å². The molecule has 0 radical (unpaired) electrons. The summed E-state index contributed by atoms with van der Waals surface area (Å²) in [6.07, 6.45) is 11.7. The van der Waals surface area contributed by atoms with Crippen LogP contribution in [0.3, 0.4) is 0 Å². The smallest absolute Gasteiger partial charge is 0.0908 e. The Morgan fingerprint density at radius 1 is 0.786 bits per heavy atom. The summed E-state index contributed by atoms with van der Waals surface area (Å²) >= 11 is 0. The Balaban J connectivity index is 2.32. The topological polar surface area (TPSA) is 47.6 Å². The third kappa shape index (κ3) is 3.46. The zero-order chi connectivity index (χ0) is 10.2. The molecular weight excluding hydrogens is 172 g/mol. The van der Waals surface area contributed by atoms with E-state index in [0.717, 1.165) is 25.7 Å². The standard InChI is InChI=1S/C12H14N2/c13-9-1-3-11-5-7-12(8-6-11)4-2-10-14/h1-4,11-12H,5-8H2/b3-1+,4-2+. The Labute approximate surface area is 85.2 Å². The van der Waals surface area contributed by atoms with Crippen molar-refractivity contribution in [3.8, 4) is 12.1 Å². The molecule has 0 amide bonds. The van der Waals surface area contributed by atoms with Crippen molar-refractivity contribution in [2.75, 3.05) is 0 Å². The second-order valence-corrected chi connectivity index (χ2v) is 3.65. The van der Waals surface area contributed by atoms with Crippen LogP contribution < -0.4 is 0 Å². The van der Waals surface area contributed by atoms with Crippen molar-refractivity contribution in [3.63, 3.8) is 0 Å². The van der Waals surface area contributed by atoms with Crippen LogP contribution in [0.2, 0.25) is 0 Å². The van der Waals surface area contributed by atoms with Crippen molar-refractivity contribution < 1.29 is 0 Å². The van der Waals surface area contributed by atoms with Gasteiger partial charge < -0.3 is 0 Å². The van der Waals surface area contributed by atoms with Gasteiger partial charge in [-0.15, -0.1) is 0 Å². The molecule has 1 fully saturated rings. The van der Waals surface area contributed by atoms with Crippen LogP contribution in [0.1, 0.15) is 25.7 Å². The summed E-state index contributed by atoms with van der Waals surface area (Å²) in [5.74, 6) is 1.14. The SMILES string of the molecule is N#C/C=C/C1CCC(/C=C/C#N)CC1. The lowest BCUT2D eigenvalue weighted by molar-refractivity contribution is 0.356. The number of nitrogens with zero attached hydrogens (tertiary/aromatic N) is 2. The van der Waals surface area contributed by atoms with Gasteiger partial charge in [0.15, 0.2) is 0 Å². The van der Waals surface area contributed by atoms with Gasteiger partial charge in [-0.05, 0) is 37.5 Å². The van der Waals surface area contributed by atoms with E-state index in [2.05, 4.69) is 0 Å². The molecule has 72 valence electrons. The van der Waals surface area contributed by atoms with E-state index >= 15 is 0 Å². The van der Waals surface area contributed by atoms with Crippen LogP contribution in [0.4, 0.5) is 0 Å². The van der Waals surface area contributed by atoms with Gasteiger partial charge in [-0.3, -0.25) is 0 Å². The predicted octanol–water partition coefficient (Wildman–Crippen LogP) is 2.95. The van der Waals surface area contributed by atoms with Crippen molar-refractivity contribution in [2.24, 2.45) is 11.8 Å². The van der Waals surface area contributed by atoms with Crippen LogP contribution in [-0.4, -0.2) is 0 Å². The van der Waals surface area contributed by atoms with E-state index in [-0.39, 0.29) is 0 Å². The normalized spacial score (nSPS) is 27.6. The minimum absolute atomic E-state index is 0.571. The molecule has 0 saturated heterocycles. The Kier molecular flexibility index (Phi) is 4.51. The van der Waals surface area contributed by atoms with Crippen LogP contribution in [0, 0.1) is 34.5 Å². The Morgan fingerprint density at radius 2 is 1.14 bits per heavy atom. The first-order valence-corrected chi connectivity index (χ1v) is 4.99. The van der Waals surface area contributed by atoms with Gasteiger partial charge in [-0.2, -0.15) is 10.5 Å². The van der Waals surface area contributed by atoms with E-state index in [4.69, 9.17) is 10.5 Å². The van der Waals surface area contributed by atoms with Gasteiger partial charge in [0.1, 0.15) is 0 Å². The van der Waals surface area contributed by atoms with Crippen molar-refractivity contribution in [1.29, 1.82) is 10.5 Å². The molecule has 1 rings (SSSR count). The lowest BCUT2D eigenvalue weighted by atomic mass is 9.82. The molecule has 0 aromatic rings. The van der Waals surface area contributed by atoms with E-state index in [9.17, 15) is 0 Å². The van der Waals surface area contributed by atoms with Gasteiger partial charge in [0.2, 0.25) is 0 Å². The van der Waals surface area contributed by atoms with E-state index in [1.807, 2.05) is 24.3 Å². The summed E-state index contributed by atoms with van der Waals surface area (Å²) in [4.78, 5) is 0. The molecule has 1 aliphatic rings. The summed E-state index contributed by atoms with van der Waals surface area (Å²) < 4.78 is 0. The van der Waals surface area contributed by atoms with Crippen LogP contribution in [0.15, 0.2) is 24.3 Å². The summed E-state index contributed by atoms with van der Waals surface area (Å²) in [6.45, 7) is 0. The van der Waals surface area contributed by atoms with Crippen LogP contribution in [-0.2, 0) is 0 Å². The Morgan fingerprint density at radius 3 is 1.43 bits per heavy atom. The summed E-state index contributed by atoms with van der Waals surface area (Å²) in [5, 5.41) is 16.8. The van der Waals surface area contributed by atoms with Crippen molar-refractivity contribution in [3.05, 3.63) is 24.3 Å². The van der Waals surface area contributed by atoms with Gasteiger partial charge in [0.05, 0.1) is 12.1 Å². The maximum atomic E-state index is 8.38. The highest BCUT2D eigenvalue weighted by Gasteiger charge is 2.16. The Hall–Kier alpha value is -1.54. The van der Waals surface area contributed by atoms with E-state index < -0.39 is 0 Å². The van der Waals surface area contributed by atoms with E-state index in [1.54, 1.807) is 12.2 Å². The molecule has 2 nitrogen and oxygen atoms in total. The second-order valence-electron chi connectivity index (χ2n) is 3.65. The van der Waals surface area contributed by atoms with E-state index in [1.165, 1.54) is 0 Å². The second kappa shape index (κ2) is 6.00. The van der Waals surface area contributed by atoms with Crippen LogP contribution >= 0.6 is 0 Å². The lowest BCUT2D eigenvalue weighted by Crippen LogP contribution is -2.10. The number of hydrogen-bond acceptors (Lipinski definition) is 2. The molecule has 0 heterocycles. The third-order valence-electron chi connectivity index (χ3n) is 2.70. The zero-order valence-electron chi connectivity index (χ0n) is 8.19. The van der Waals surface area contributed by atoms with Crippen molar-refractivity contribution in [1.82, 2.24) is 0 Å². The summed E-state index contributed by atoms with van der Waals surface area (Å²) in [6, 6.07) is 4.05. The third-order valence-corrected chi connectivity index (χ3v) is 2.70. The monoisotopic (exact) mass is 186 g/mol. The number of rotatable bonds is 2. The van der Waals surface area contributed by atoms with Crippen LogP contribution in [0.25, 0.3) is 0 Å². The molecule has 0 unspecified atom stereocenters. The van der Waals surface area contributed by atoms with Gasteiger partial charge in [0, 0.05) is 12.2 Å². The first kappa shape index (κ1) is 10.5. The van der Waals surface area contributed by atoms with Gasteiger partial charge in [-0.25, -0.2) is 0 Å². The molecule has 1 aliphatic carbocycles. The molecule has 0 aliphatic heterocycles. The minimum Gasteiger partial charge on any atom is -0.193 e. The zero-order valence-corrected chi connectivity index (χ0v) is 8.19. The first-order valence-electron chi connectivity index (χ1n) is 4.99.